The van der Waals surface area contributed by atoms with Gasteiger partial charge in [-0.1, -0.05) is 41.1 Å². The molecule has 0 aromatic heterocycles. The minimum absolute atomic E-state index is 0.274. The van der Waals surface area contributed by atoms with Crippen LogP contribution in [0.4, 0.5) is 0 Å². The van der Waals surface area contributed by atoms with E-state index in [1.807, 2.05) is 31.2 Å². The van der Waals surface area contributed by atoms with Crippen molar-refractivity contribution < 1.29 is 9.53 Å². The molecule has 0 aliphatic heterocycles. The third-order valence-corrected chi connectivity index (χ3v) is 2.78. The molecule has 0 bridgehead atoms. The van der Waals surface area contributed by atoms with E-state index >= 15 is 0 Å². The molecule has 0 aliphatic carbocycles. The number of benzene rings is 1. The Morgan fingerprint density at radius 3 is 2.73 bits per heavy atom. The van der Waals surface area contributed by atoms with Crippen LogP contribution in [0.15, 0.2) is 28.7 Å². The Labute approximate surface area is 97.9 Å². The monoisotopic (exact) mass is 271 g/mol. The third kappa shape index (κ3) is 3.04. The molecule has 1 unspecified atom stereocenters. The highest BCUT2D eigenvalue weighted by Crippen LogP contribution is 2.23. The van der Waals surface area contributed by atoms with E-state index in [0.29, 0.717) is 6.54 Å². The largest absolute Gasteiger partial charge is 0.468 e. The van der Waals surface area contributed by atoms with Crippen LogP contribution in [0.2, 0.25) is 0 Å². The van der Waals surface area contributed by atoms with E-state index in [1.54, 1.807) is 0 Å². The summed E-state index contributed by atoms with van der Waals surface area (Å²) in [6, 6.07) is 7.20. The van der Waals surface area contributed by atoms with Crippen LogP contribution in [0, 0.1) is 0 Å². The Balaban J connectivity index is 2.98. The molecule has 1 rings (SSSR count). The second kappa shape index (κ2) is 5.88. The summed E-state index contributed by atoms with van der Waals surface area (Å²) in [6.07, 6.45) is 0. The van der Waals surface area contributed by atoms with Crippen LogP contribution in [-0.2, 0) is 9.53 Å². The molecule has 1 atom stereocenters. The Kier molecular flexibility index (Phi) is 4.78. The maximum Gasteiger partial charge on any atom is 0.327 e. The standard InChI is InChI=1S/C11H14BrNO2/c1-3-13-10(11(14)15-2)8-6-4-5-7-9(8)12/h4-7,10,13H,3H2,1-2H3. The molecule has 82 valence electrons. The third-order valence-electron chi connectivity index (χ3n) is 2.06. The zero-order chi connectivity index (χ0) is 11.3. The van der Waals surface area contributed by atoms with Crippen molar-refractivity contribution in [3.63, 3.8) is 0 Å². The first-order valence-electron chi connectivity index (χ1n) is 4.76. The lowest BCUT2D eigenvalue weighted by Crippen LogP contribution is -2.29. The number of nitrogens with one attached hydrogen (secondary N) is 1. The minimum atomic E-state index is -0.407. The van der Waals surface area contributed by atoms with Crippen LogP contribution in [0.1, 0.15) is 18.5 Å². The number of hydrogen-bond donors (Lipinski definition) is 1. The molecule has 4 heteroatoms. The zero-order valence-corrected chi connectivity index (χ0v) is 10.4. The van der Waals surface area contributed by atoms with Crippen LogP contribution in [0.5, 0.6) is 0 Å². The van der Waals surface area contributed by atoms with Gasteiger partial charge in [-0.05, 0) is 18.2 Å². The number of rotatable bonds is 4. The molecular weight excluding hydrogens is 258 g/mol. The summed E-state index contributed by atoms with van der Waals surface area (Å²) in [7, 11) is 1.39. The summed E-state index contributed by atoms with van der Waals surface area (Å²) in [5.74, 6) is -0.274. The first kappa shape index (κ1) is 12.2. The van der Waals surface area contributed by atoms with Crippen molar-refractivity contribution in [2.75, 3.05) is 13.7 Å². The summed E-state index contributed by atoms with van der Waals surface area (Å²) in [5, 5.41) is 3.09. The van der Waals surface area contributed by atoms with E-state index in [0.717, 1.165) is 10.0 Å². The molecule has 0 heterocycles. The number of hydrogen-bond acceptors (Lipinski definition) is 3. The topological polar surface area (TPSA) is 38.3 Å². The Morgan fingerprint density at radius 1 is 1.53 bits per heavy atom. The predicted octanol–water partition coefficient (Wildman–Crippen LogP) is 2.27. The number of carbonyl (C=O) groups is 1. The SMILES string of the molecule is CCNC(C(=O)OC)c1ccccc1Br. The number of methoxy groups -OCH3 is 1. The van der Waals surface area contributed by atoms with Crippen molar-refractivity contribution in [3.8, 4) is 0 Å². The zero-order valence-electron chi connectivity index (χ0n) is 8.79. The molecule has 15 heavy (non-hydrogen) atoms. The van der Waals surface area contributed by atoms with Crippen molar-refractivity contribution in [2.45, 2.75) is 13.0 Å². The van der Waals surface area contributed by atoms with Crippen LogP contribution >= 0.6 is 15.9 Å². The lowest BCUT2D eigenvalue weighted by Gasteiger charge is -2.16. The van der Waals surface area contributed by atoms with Gasteiger partial charge in [-0.2, -0.15) is 0 Å². The van der Waals surface area contributed by atoms with Gasteiger partial charge in [0.1, 0.15) is 6.04 Å². The highest BCUT2D eigenvalue weighted by molar-refractivity contribution is 9.10. The molecule has 0 saturated heterocycles. The summed E-state index contributed by atoms with van der Waals surface area (Å²) in [4.78, 5) is 11.5. The molecule has 0 spiro atoms. The number of halogens is 1. The molecule has 0 radical (unpaired) electrons. The Hall–Kier alpha value is -0.870. The van der Waals surface area contributed by atoms with Crippen molar-refractivity contribution in [3.05, 3.63) is 34.3 Å². The van der Waals surface area contributed by atoms with Gasteiger partial charge in [0, 0.05) is 4.47 Å². The second-order valence-electron chi connectivity index (χ2n) is 3.04. The normalized spacial score (nSPS) is 12.2. The molecule has 0 saturated carbocycles. The number of esters is 1. The number of ether oxygens (including phenoxy) is 1. The molecule has 0 aliphatic rings. The van der Waals surface area contributed by atoms with Gasteiger partial charge in [0.25, 0.3) is 0 Å². The van der Waals surface area contributed by atoms with Gasteiger partial charge in [-0.15, -0.1) is 0 Å². The summed E-state index contributed by atoms with van der Waals surface area (Å²) in [5.41, 5.74) is 0.895. The molecule has 1 N–H and O–H groups in total. The molecule has 0 fully saturated rings. The van der Waals surface area contributed by atoms with Crippen LogP contribution in [0.3, 0.4) is 0 Å². The minimum Gasteiger partial charge on any atom is -0.468 e. The highest BCUT2D eigenvalue weighted by Gasteiger charge is 2.21. The van der Waals surface area contributed by atoms with E-state index in [1.165, 1.54) is 7.11 Å². The van der Waals surface area contributed by atoms with E-state index < -0.39 is 6.04 Å². The van der Waals surface area contributed by atoms with Gasteiger partial charge in [-0.25, -0.2) is 4.79 Å². The van der Waals surface area contributed by atoms with Gasteiger partial charge in [0.05, 0.1) is 7.11 Å². The molecule has 3 nitrogen and oxygen atoms in total. The van der Waals surface area contributed by atoms with E-state index in [4.69, 9.17) is 4.74 Å². The number of carbonyl (C=O) groups excluding carboxylic acids is 1. The van der Waals surface area contributed by atoms with E-state index in [9.17, 15) is 4.79 Å². The van der Waals surface area contributed by atoms with E-state index in [2.05, 4.69) is 21.2 Å². The smallest absolute Gasteiger partial charge is 0.327 e. The van der Waals surface area contributed by atoms with Gasteiger partial charge < -0.3 is 10.1 Å². The Morgan fingerprint density at radius 2 is 2.20 bits per heavy atom. The molecule has 0 amide bonds. The van der Waals surface area contributed by atoms with E-state index in [-0.39, 0.29) is 5.97 Å². The molecular formula is C11H14BrNO2. The maximum absolute atomic E-state index is 11.5. The number of likely N-dealkylation sites (N-methyl/N-ethyl adjacent to an activating group) is 1. The lowest BCUT2D eigenvalue weighted by atomic mass is 10.1. The highest BCUT2D eigenvalue weighted by atomic mass is 79.9. The van der Waals surface area contributed by atoms with Crippen LogP contribution in [-0.4, -0.2) is 19.6 Å². The van der Waals surface area contributed by atoms with Gasteiger partial charge in [-0.3, -0.25) is 0 Å². The summed E-state index contributed by atoms with van der Waals surface area (Å²) >= 11 is 3.42. The van der Waals surface area contributed by atoms with Gasteiger partial charge in [0.2, 0.25) is 0 Å². The lowest BCUT2D eigenvalue weighted by molar-refractivity contribution is -0.143. The summed E-state index contributed by atoms with van der Waals surface area (Å²) in [6.45, 7) is 2.66. The average molecular weight is 272 g/mol. The first-order chi connectivity index (χ1) is 7.20. The van der Waals surface area contributed by atoms with Crippen molar-refractivity contribution in [1.82, 2.24) is 5.32 Å². The maximum atomic E-state index is 11.5. The first-order valence-corrected chi connectivity index (χ1v) is 5.55. The summed E-state index contributed by atoms with van der Waals surface area (Å²) < 4.78 is 5.66. The van der Waals surface area contributed by atoms with Crippen molar-refractivity contribution >= 4 is 21.9 Å². The van der Waals surface area contributed by atoms with Crippen molar-refractivity contribution in [2.24, 2.45) is 0 Å². The quantitative estimate of drug-likeness (QED) is 0.854. The van der Waals surface area contributed by atoms with Crippen molar-refractivity contribution in [1.29, 1.82) is 0 Å². The fourth-order valence-corrected chi connectivity index (χ4v) is 1.87. The fourth-order valence-electron chi connectivity index (χ4n) is 1.35. The molecule has 1 aromatic carbocycles. The second-order valence-corrected chi connectivity index (χ2v) is 3.89. The average Bonchev–Trinajstić information content (AvgIpc) is 2.26. The van der Waals surface area contributed by atoms with Crippen LogP contribution < -0.4 is 5.32 Å². The fraction of sp³-hybridized carbons (Fsp3) is 0.364. The van der Waals surface area contributed by atoms with Crippen LogP contribution in [0.25, 0.3) is 0 Å². The van der Waals surface area contributed by atoms with Gasteiger partial charge >= 0.3 is 5.97 Å². The Bertz CT molecular complexity index is 341. The molecule has 1 aromatic rings. The van der Waals surface area contributed by atoms with Gasteiger partial charge in [0.15, 0.2) is 0 Å². The predicted molar refractivity (Wildman–Crippen MR) is 62.6 cm³/mol.